The summed E-state index contributed by atoms with van der Waals surface area (Å²) in [4.78, 5) is 0. The van der Waals surface area contributed by atoms with Crippen LogP contribution in [0, 0.1) is 17.6 Å². The van der Waals surface area contributed by atoms with E-state index in [0.717, 1.165) is 12.8 Å². The molecule has 1 saturated carbocycles. The highest BCUT2D eigenvalue weighted by Crippen LogP contribution is 2.30. The number of nitrogens with two attached hydrogens (primary N) is 1. The quantitative estimate of drug-likeness (QED) is 0.868. The number of rotatable bonds is 4. The minimum Gasteiger partial charge on any atom is -0.373 e. The van der Waals surface area contributed by atoms with Gasteiger partial charge in [0.05, 0.1) is 22.7 Å². The van der Waals surface area contributed by atoms with Crippen LogP contribution in [0.2, 0.25) is 0 Å². The van der Waals surface area contributed by atoms with Crippen LogP contribution in [0.25, 0.3) is 0 Å². The van der Waals surface area contributed by atoms with Crippen LogP contribution < -0.4 is 5.73 Å². The lowest BCUT2D eigenvalue weighted by molar-refractivity contribution is -0.0394. The van der Waals surface area contributed by atoms with Crippen molar-refractivity contribution in [1.29, 1.82) is 0 Å². The van der Waals surface area contributed by atoms with Crippen LogP contribution >= 0.6 is 15.9 Å². The first kappa shape index (κ1) is 12.9. The monoisotopic (exact) mass is 305 g/mol. The molecule has 0 bridgehead atoms. The number of hydrogen-bond acceptors (Lipinski definition) is 2. The van der Waals surface area contributed by atoms with Gasteiger partial charge in [-0.15, -0.1) is 0 Å². The molecule has 0 saturated heterocycles. The zero-order valence-electron chi connectivity index (χ0n) is 9.26. The Morgan fingerprint density at radius 2 is 2.06 bits per heavy atom. The second kappa shape index (κ2) is 5.42. The second-order valence-corrected chi connectivity index (χ2v) is 5.18. The summed E-state index contributed by atoms with van der Waals surface area (Å²) in [6, 6.07) is 2.58. The predicted molar refractivity (Wildman–Crippen MR) is 64.4 cm³/mol. The smallest absolute Gasteiger partial charge is 0.145 e. The van der Waals surface area contributed by atoms with Gasteiger partial charge in [0, 0.05) is 0 Å². The first-order valence-electron chi connectivity index (χ1n) is 5.56. The number of benzene rings is 1. The van der Waals surface area contributed by atoms with Crippen molar-refractivity contribution >= 4 is 15.9 Å². The van der Waals surface area contributed by atoms with Gasteiger partial charge in [-0.1, -0.05) is 0 Å². The molecule has 1 aliphatic rings. The minimum atomic E-state index is -0.584. The summed E-state index contributed by atoms with van der Waals surface area (Å²) in [5.74, 6) is -0.655. The average Bonchev–Trinajstić information content (AvgIpc) is 2.26. The third-order valence-corrected chi connectivity index (χ3v) is 3.74. The lowest BCUT2D eigenvalue weighted by Crippen LogP contribution is -2.35. The molecule has 1 aliphatic carbocycles. The predicted octanol–water partition coefficient (Wildman–Crippen LogP) is 2.98. The maximum atomic E-state index is 13.6. The molecule has 1 aromatic rings. The molecule has 5 heteroatoms. The van der Waals surface area contributed by atoms with E-state index in [1.807, 2.05) is 0 Å². The summed E-state index contributed by atoms with van der Waals surface area (Å²) in [7, 11) is 0. The molecule has 2 nitrogen and oxygen atoms in total. The zero-order chi connectivity index (χ0) is 12.4. The number of ether oxygens (including phenoxy) is 1. The van der Waals surface area contributed by atoms with E-state index in [4.69, 9.17) is 10.5 Å². The molecule has 2 rings (SSSR count). The topological polar surface area (TPSA) is 35.2 Å². The minimum absolute atomic E-state index is 0.0180. The molecule has 0 aliphatic heterocycles. The number of halogens is 3. The zero-order valence-corrected chi connectivity index (χ0v) is 10.8. The Morgan fingerprint density at radius 3 is 2.71 bits per heavy atom. The van der Waals surface area contributed by atoms with Gasteiger partial charge >= 0.3 is 0 Å². The van der Waals surface area contributed by atoms with Crippen molar-refractivity contribution in [3.05, 3.63) is 33.8 Å². The Hall–Kier alpha value is -0.520. The highest BCUT2D eigenvalue weighted by molar-refractivity contribution is 9.10. The Morgan fingerprint density at radius 1 is 1.35 bits per heavy atom. The van der Waals surface area contributed by atoms with Gasteiger partial charge in [-0.25, -0.2) is 8.78 Å². The summed E-state index contributed by atoms with van der Waals surface area (Å²) >= 11 is 3.03. The Balaban J connectivity index is 1.93. The van der Waals surface area contributed by atoms with Crippen molar-refractivity contribution in [1.82, 2.24) is 0 Å². The maximum Gasteiger partial charge on any atom is 0.145 e. The van der Waals surface area contributed by atoms with Crippen LogP contribution in [-0.4, -0.2) is 12.6 Å². The van der Waals surface area contributed by atoms with Crippen LogP contribution in [-0.2, 0) is 11.3 Å². The Labute approximate surface area is 107 Å². The summed E-state index contributed by atoms with van der Waals surface area (Å²) in [6.07, 6.45) is 1.85. The van der Waals surface area contributed by atoms with E-state index in [2.05, 4.69) is 15.9 Å². The SMILES string of the molecule is NCC1CC(OCc2c(F)ccc(Br)c2F)C1. The summed E-state index contributed by atoms with van der Waals surface area (Å²) in [5, 5.41) is 0. The molecule has 0 heterocycles. The Bertz CT molecular complexity index is 408. The molecular weight excluding hydrogens is 292 g/mol. The lowest BCUT2D eigenvalue weighted by Gasteiger charge is -2.34. The van der Waals surface area contributed by atoms with Gasteiger partial charge in [-0.2, -0.15) is 0 Å². The largest absolute Gasteiger partial charge is 0.373 e. The van der Waals surface area contributed by atoms with Crippen LogP contribution in [0.15, 0.2) is 16.6 Å². The van der Waals surface area contributed by atoms with Gasteiger partial charge in [-0.05, 0) is 53.4 Å². The normalized spacial score (nSPS) is 23.5. The third kappa shape index (κ3) is 2.84. The molecule has 17 heavy (non-hydrogen) atoms. The fraction of sp³-hybridized carbons (Fsp3) is 0.500. The molecule has 0 amide bonds. The van der Waals surface area contributed by atoms with Crippen LogP contribution in [0.4, 0.5) is 8.78 Å². The van der Waals surface area contributed by atoms with E-state index >= 15 is 0 Å². The van der Waals surface area contributed by atoms with Crippen molar-refractivity contribution in [2.75, 3.05) is 6.54 Å². The van der Waals surface area contributed by atoms with Gasteiger partial charge in [0.15, 0.2) is 0 Å². The maximum absolute atomic E-state index is 13.6. The molecule has 0 radical (unpaired) electrons. The van der Waals surface area contributed by atoms with Crippen LogP contribution in [0.1, 0.15) is 18.4 Å². The highest BCUT2D eigenvalue weighted by Gasteiger charge is 2.29. The van der Waals surface area contributed by atoms with Gasteiger partial charge in [0.25, 0.3) is 0 Å². The Kier molecular flexibility index (Phi) is 4.12. The van der Waals surface area contributed by atoms with E-state index < -0.39 is 11.6 Å². The molecule has 1 fully saturated rings. The van der Waals surface area contributed by atoms with Gasteiger partial charge in [0.2, 0.25) is 0 Å². The summed E-state index contributed by atoms with van der Waals surface area (Å²) < 4.78 is 32.7. The van der Waals surface area contributed by atoms with E-state index in [-0.39, 0.29) is 22.7 Å². The molecule has 2 N–H and O–H groups in total. The van der Waals surface area contributed by atoms with Gasteiger partial charge in [0.1, 0.15) is 11.6 Å². The van der Waals surface area contributed by atoms with Gasteiger partial charge < -0.3 is 10.5 Å². The van der Waals surface area contributed by atoms with E-state index in [1.165, 1.54) is 12.1 Å². The third-order valence-electron chi connectivity index (χ3n) is 3.13. The van der Waals surface area contributed by atoms with Crippen molar-refractivity contribution in [3.63, 3.8) is 0 Å². The summed E-state index contributed by atoms with van der Waals surface area (Å²) in [6.45, 7) is 0.624. The van der Waals surface area contributed by atoms with E-state index in [1.54, 1.807) is 0 Å². The average molecular weight is 306 g/mol. The van der Waals surface area contributed by atoms with Crippen molar-refractivity contribution in [3.8, 4) is 0 Å². The van der Waals surface area contributed by atoms with Crippen molar-refractivity contribution in [2.24, 2.45) is 11.7 Å². The molecule has 0 unspecified atom stereocenters. The molecule has 94 valence electrons. The first-order valence-corrected chi connectivity index (χ1v) is 6.35. The fourth-order valence-corrected chi connectivity index (χ4v) is 2.28. The molecular formula is C12H14BrF2NO. The number of hydrogen-bond donors (Lipinski definition) is 1. The van der Waals surface area contributed by atoms with Gasteiger partial charge in [-0.3, -0.25) is 0 Å². The molecule has 0 atom stereocenters. The van der Waals surface area contributed by atoms with Crippen LogP contribution in [0.3, 0.4) is 0 Å². The van der Waals surface area contributed by atoms with Crippen molar-refractivity contribution in [2.45, 2.75) is 25.6 Å². The summed E-state index contributed by atoms with van der Waals surface area (Å²) in [5.41, 5.74) is 5.47. The fourth-order valence-electron chi connectivity index (χ4n) is 1.91. The van der Waals surface area contributed by atoms with Crippen LogP contribution in [0.5, 0.6) is 0 Å². The van der Waals surface area contributed by atoms with E-state index in [9.17, 15) is 8.78 Å². The standard InChI is InChI=1S/C12H14BrF2NO/c13-10-1-2-11(14)9(12(10)15)6-17-8-3-7(4-8)5-16/h1-2,7-8H,3-6,16H2. The molecule has 0 spiro atoms. The second-order valence-electron chi connectivity index (χ2n) is 4.33. The molecule has 1 aromatic carbocycles. The van der Waals surface area contributed by atoms with E-state index in [0.29, 0.717) is 12.5 Å². The van der Waals surface area contributed by atoms with Crippen molar-refractivity contribution < 1.29 is 13.5 Å². The first-order chi connectivity index (χ1) is 8.11. The lowest BCUT2D eigenvalue weighted by atomic mass is 9.82. The highest BCUT2D eigenvalue weighted by atomic mass is 79.9. The molecule has 0 aromatic heterocycles.